The van der Waals surface area contributed by atoms with Gasteiger partial charge in [0.2, 0.25) is 11.6 Å². The summed E-state index contributed by atoms with van der Waals surface area (Å²) in [6.07, 6.45) is 0.917. The van der Waals surface area contributed by atoms with E-state index < -0.39 is 11.9 Å². The number of esters is 1. The normalized spacial score (nSPS) is 14.3. The van der Waals surface area contributed by atoms with Crippen LogP contribution >= 0.6 is 0 Å². The van der Waals surface area contributed by atoms with Gasteiger partial charge in [-0.25, -0.2) is 4.79 Å². The predicted octanol–water partition coefficient (Wildman–Crippen LogP) is 7.62. The number of ether oxygens (including phenoxy) is 4. The van der Waals surface area contributed by atoms with Crippen molar-refractivity contribution in [2.75, 3.05) is 13.2 Å². The number of furan rings is 1. The number of benzene rings is 3. The van der Waals surface area contributed by atoms with E-state index in [-0.39, 0.29) is 23.0 Å². The van der Waals surface area contributed by atoms with Crippen molar-refractivity contribution in [3.05, 3.63) is 93.6 Å². The Hall–Kier alpha value is -4.90. The smallest absolute Gasteiger partial charge is 0.379 e. The third-order valence-corrected chi connectivity index (χ3v) is 7.69. The molecule has 8 heteroatoms. The number of hydrogen-bond donors (Lipinski definition) is 1. The van der Waals surface area contributed by atoms with Crippen LogP contribution in [0.4, 0.5) is 0 Å². The fraction of sp³-hybridized carbons (Fsp3) is 0.314. The fourth-order valence-electron chi connectivity index (χ4n) is 5.16. The SMILES string of the molecule is CCOc1cc(C2C(C#N)=C(N)Oc3cc(OC(=O)c4oc5cc(C)c(C)cc5c4C)ccc32)ccc1OCCC(C)C. The van der Waals surface area contributed by atoms with E-state index in [1.54, 1.807) is 18.2 Å². The maximum Gasteiger partial charge on any atom is 0.379 e. The van der Waals surface area contributed by atoms with Crippen LogP contribution in [0.15, 0.2) is 64.4 Å². The van der Waals surface area contributed by atoms with Crippen LogP contribution in [0.2, 0.25) is 0 Å². The summed E-state index contributed by atoms with van der Waals surface area (Å²) in [6, 6.07) is 16.8. The van der Waals surface area contributed by atoms with Gasteiger partial charge < -0.3 is 29.1 Å². The minimum atomic E-state index is -0.619. The summed E-state index contributed by atoms with van der Waals surface area (Å²) >= 11 is 0. The van der Waals surface area contributed by atoms with Crippen molar-refractivity contribution in [3.8, 4) is 29.1 Å². The predicted molar refractivity (Wildman–Crippen MR) is 164 cm³/mol. The molecular weight excluding hydrogens is 544 g/mol. The molecule has 4 aromatic rings. The Morgan fingerprint density at radius 3 is 2.51 bits per heavy atom. The van der Waals surface area contributed by atoms with Crippen LogP contribution in [-0.2, 0) is 0 Å². The highest BCUT2D eigenvalue weighted by Gasteiger charge is 2.32. The number of fused-ring (bicyclic) bond motifs is 2. The Morgan fingerprint density at radius 1 is 1.02 bits per heavy atom. The minimum Gasteiger partial charge on any atom is -0.490 e. The lowest BCUT2D eigenvalue weighted by Gasteiger charge is -2.27. The van der Waals surface area contributed by atoms with E-state index in [4.69, 9.17) is 29.1 Å². The first-order chi connectivity index (χ1) is 20.6. The molecule has 0 radical (unpaired) electrons. The summed E-state index contributed by atoms with van der Waals surface area (Å²) in [5.41, 5.74) is 11.5. The zero-order valence-corrected chi connectivity index (χ0v) is 25.4. The lowest BCUT2D eigenvalue weighted by atomic mass is 9.83. The molecule has 1 aliphatic heterocycles. The Kier molecular flexibility index (Phi) is 8.36. The number of nitrogens with two attached hydrogens (primary N) is 1. The van der Waals surface area contributed by atoms with Crippen molar-refractivity contribution < 1.29 is 28.2 Å². The highest BCUT2D eigenvalue weighted by atomic mass is 16.5. The molecule has 0 amide bonds. The molecule has 1 atom stereocenters. The Morgan fingerprint density at radius 2 is 1.79 bits per heavy atom. The largest absolute Gasteiger partial charge is 0.490 e. The molecule has 2 N–H and O–H groups in total. The summed E-state index contributed by atoms with van der Waals surface area (Å²) in [6.45, 7) is 13.1. The third-order valence-electron chi connectivity index (χ3n) is 7.69. The number of aryl methyl sites for hydroxylation is 3. The van der Waals surface area contributed by atoms with Crippen molar-refractivity contribution in [1.82, 2.24) is 0 Å². The molecule has 43 heavy (non-hydrogen) atoms. The van der Waals surface area contributed by atoms with Gasteiger partial charge in [0, 0.05) is 22.6 Å². The third kappa shape index (κ3) is 5.89. The molecule has 1 aliphatic rings. The van der Waals surface area contributed by atoms with Crippen LogP contribution in [0.1, 0.15) is 71.5 Å². The molecule has 0 fully saturated rings. The van der Waals surface area contributed by atoms with E-state index in [9.17, 15) is 10.1 Å². The molecule has 5 rings (SSSR count). The summed E-state index contributed by atoms with van der Waals surface area (Å²) in [5.74, 6) is 1.37. The fourth-order valence-corrected chi connectivity index (χ4v) is 5.16. The number of rotatable bonds is 9. The van der Waals surface area contributed by atoms with Gasteiger partial charge in [-0.2, -0.15) is 5.26 Å². The summed E-state index contributed by atoms with van der Waals surface area (Å²) in [4.78, 5) is 13.2. The van der Waals surface area contributed by atoms with Crippen molar-refractivity contribution in [1.29, 1.82) is 5.26 Å². The zero-order chi connectivity index (χ0) is 30.8. The van der Waals surface area contributed by atoms with Gasteiger partial charge in [0.15, 0.2) is 11.5 Å². The molecule has 1 unspecified atom stereocenters. The monoisotopic (exact) mass is 580 g/mol. The Balaban J connectivity index is 1.46. The molecule has 222 valence electrons. The summed E-state index contributed by atoms with van der Waals surface area (Å²) in [5, 5.41) is 10.9. The van der Waals surface area contributed by atoms with Gasteiger partial charge in [-0.1, -0.05) is 26.0 Å². The van der Waals surface area contributed by atoms with Gasteiger partial charge in [-0.15, -0.1) is 0 Å². The molecule has 1 aromatic heterocycles. The second-order valence-electron chi connectivity index (χ2n) is 11.2. The molecule has 8 nitrogen and oxygen atoms in total. The molecular formula is C35H36N2O6. The quantitative estimate of drug-likeness (QED) is 0.159. The van der Waals surface area contributed by atoms with Crippen LogP contribution < -0.4 is 24.7 Å². The molecule has 2 heterocycles. The standard InChI is InChI=1S/C35H36N2O6/c1-7-39-31-16-23(8-11-28(31)40-13-12-19(2)3)32-25-10-9-24(17-30(25)43-34(37)27(32)18-36)41-35(38)33-22(6)26-14-20(4)21(5)15-29(26)42-33/h8-11,14-17,19,32H,7,12-13,37H2,1-6H3. The minimum absolute atomic E-state index is 0.0161. The van der Waals surface area contributed by atoms with Gasteiger partial charge in [0.25, 0.3) is 0 Å². The second-order valence-corrected chi connectivity index (χ2v) is 11.2. The number of carbonyl (C=O) groups is 1. The van der Waals surface area contributed by atoms with Crippen LogP contribution in [0.5, 0.6) is 23.0 Å². The molecule has 0 saturated carbocycles. The van der Waals surface area contributed by atoms with Crippen LogP contribution in [-0.4, -0.2) is 19.2 Å². The van der Waals surface area contributed by atoms with Crippen LogP contribution in [0, 0.1) is 38.0 Å². The maximum absolute atomic E-state index is 13.2. The van der Waals surface area contributed by atoms with Gasteiger partial charge in [0.1, 0.15) is 28.7 Å². The summed E-state index contributed by atoms with van der Waals surface area (Å²) < 4.78 is 29.4. The van der Waals surface area contributed by atoms with Crippen molar-refractivity contribution in [3.63, 3.8) is 0 Å². The molecule has 3 aromatic carbocycles. The topological polar surface area (TPSA) is 117 Å². The Labute approximate surface area is 251 Å². The van der Waals surface area contributed by atoms with E-state index in [0.717, 1.165) is 28.5 Å². The molecule has 0 bridgehead atoms. The summed E-state index contributed by atoms with van der Waals surface area (Å²) in [7, 11) is 0. The Bertz CT molecular complexity index is 1780. The van der Waals surface area contributed by atoms with Gasteiger partial charge in [0.05, 0.1) is 19.1 Å². The van der Waals surface area contributed by atoms with Crippen molar-refractivity contribution >= 4 is 16.9 Å². The van der Waals surface area contributed by atoms with Gasteiger partial charge >= 0.3 is 5.97 Å². The number of hydrogen-bond acceptors (Lipinski definition) is 8. The second kappa shape index (κ2) is 12.1. The highest BCUT2D eigenvalue weighted by molar-refractivity contribution is 5.97. The van der Waals surface area contributed by atoms with Gasteiger partial charge in [-0.05, 0) is 87.1 Å². The molecule has 0 saturated heterocycles. The van der Waals surface area contributed by atoms with E-state index in [2.05, 4.69) is 19.9 Å². The molecule has 0 spiro atoms. The first-order valence-corrected chi connectivity index (χ1v) is 14.4. The number of nitriles is 1. The first kappa shape index (κ1) is 29.6. The number of allylic oxidation sites excluding steroid dienone is 1. The van der Waals surface area contributed by atoms with E-state index in [1.165, 1.54) is 0 Å². The van der Waals surface area contributed by atoms with E-state index >= 15 is 0 Å². The van der Waals surface area contributed by atoms with Crippen LogP contribution in [0.25, 0.3) is 11.0 Å². The average Bonchev–Trinajstić information content (AvgIpc) is 3.28. The highest BCUT2D eigenvalue weighted by Crippen LogP contribution is 2.45. The van der Waals surface area contributed by atoms with Crippen molar-refractivity contribution in [2.45, 2.75) is 53.9 Å². The molecule has 0 aliphatic carbocycles. The van der Waals surface area contributed by atoms with Crippen molar-refractivity contribution in [2.24, 2.45) is 11.7 Å². The van der Waals surface area contributed by atoms with E-state index in [1.807, 2.05) is 58.0 Å². The van der Waals surface area contributed by atoms with Gasteiger partial charge in [-0.3, -0.25) is 0 Å². The van der Waals surface area contributed by atoms with E-state index in [0.29, 0.717) is 53.1 Å². The van der Waals surface area contributed by atoms with Crippen LogP contribution in [0.3, 0.4) is 0 Å². The number of carbonyl (C=O) groups excluding carboxylic acids is 1. The zero-order valence-electron chi connectivity index (χ0n) is 25.4. The lowest BCUT2D eigenvalue weighted by Crippen LogP contribution is -2.21. The lowest BCUT2D eigenvalue weighted by molar-refractivity contribution is 0.0702. The maximum atomic E-state index is 13.2. The average molecular weight is 581 g/mol. The first-order valence-electron chi connectivity index (χ1n) is 14.4. The number of nitrogens with zero attached hydrogens (tertiary/aromatic N) is 1.